The summed E-state index contributed by atoms with van der Waals surface area (Å²) in [7, 11) is 0. The molecule has 5 rings (SSSR count). The second kappa shape index (κ2) is 12.7. The molecular formula is C29H21Br2Cl2N3O7. The number of hydrogen-bond donors (Lipinski definition) is 0. The zero-order chi connectivity index (χ0) is 31.0. The van der Waals surface area contributed by atoms with Crippen LogP contribution in [0.5, 0.6) is 11.5 Å². The first kappa shape index (κ1) is 31.1. The fraction of sp³-hybridized carbons (Fsp3) is 0.241. The topological polar surface area (TPSA) is 127 Å². The van der Waals surface area contributed by atoms with Crippen LogP contribution in [0.4, 0.5) is 5.69 Å². The SMILES string of the molecule is O=C(CN(C(=O)c1ccc(Cl)cc1Cl)N1C(=O)[C@H]2C[C@@H](Br)[C@@H](Br)C[C@H]2C1=O)c1ccc(Oc2ccc([N+](=O)[O-])cc2)cc1. The summed E-state index contributed by atoms with van der Waals surface area (Å²) in [6.07, 6.45) is 0.769. The number of Topliss-reactive ketones (excluding diaryl/α,β-unsaturated/α-hetero) is 1. The summed E-state index contributed by atoms with van der Waals surface area (Å²) < 4.78 is 5.70. The van der Waals surface area contributed by atoms with Crippen LogP contribution in [0.3, 0.4) is 0 Å². The number of rotatable bonds is 8. The molecule has 1 aliphatic heterocycles. The van der Waals surface area contributed by atoms with Crippen molar-refractivity contribution in [3.05, 3.63) is 98.0 Å². The summed E-state index contributed by atoms with van der Waals surface area (Å²) in [5, 5.41) is 12.8. The van der Waals surface area contributed by atoms with E-state index in [0.29, 0.717) is 24.3 Å². The van der Waals surface area contributed by atoms with Gasteiger partial charge in [0.05, 0.1) is 27.3 Å². The van der Waals surface area contributed by atoms with E-state index < -0.39 is 46.8 Å². The Balaban J connectivity index is 1.40. The number of carbonyl (C=O) groups excluding carboxylic acids is 4. The monoisotopic (exact) mass is 751 g/mol. The van der Waals surface area contributed by atoms with Gasteiger partial charge in [-0.3, -0.25) is 29.3 Å². The van der Waals surface area contributed by atoms with Gasteiger partial charge in [-0.1, -0.05) is 55.1 Å². The third-order valence-electron chi connectivity index (χ3n) is 7.28. The van der Waals surface area contributed by atoms with Gasteiger partial charge >= 0.3 is 0 Å². The van der Waals surface area contributed by atoms with Crippen molar-refractivity contribution in [3.63, 3.8) is 0 Å². The van der Waals surface area contributed by atoms with Crippen LogP contribution < -0.4 is 4.74 Å². The molecular weight excluding hydrogens is 733 g/mol. The Morgan fingerprint density at radius 2 is 1.44 bits per heavy atom. The van der Waals surface area contributed by atoms with E-state index in [9.17, 15) is 29.3 Å². The van der Waals surface area contributed by atoms with Gasteiger partial charge in [-0.05, 0) is 67.4 Å². The molecule has 0 N–H and O–H groups in total. The van der Waals surface area contributed by atoms with Crippen molar-refractivity contribution >= 4 is 84.3 Å². The molecule has 1 saturated heterocycles. The summed E-state index contributed by atoms with van der Waals surface area (Å²) >= 11 is 19.4. The van der Waals surface area contributed by atoms with Crippen LogP contribution in [0.2, 0.25) is 10.0 Å². The zero-order valence-corrected chi connectivity index (χ0v) is 26.7. The minimum absolute atomic E-state index is 0.000232. The fourth-order valence-electron chi connectivity index (χ4n) is 5.06. The highest BCUT2D eigenvalue weighted by Gasteiger charge is 2.54. The maximum Gasteiger partial charge on any atom is 0.274 e. The van der Waals surface area contributed by atoms with Gasteiger partial charge in [-0.2, -0.15) is 5.01 Å². The van der Waals surface area contributed by atoms with Crippen LogP contribution in [0.15, 0.2) is 66.7 Å². The van der Waals surface area contributed by atoms with E-state index in [1.54, 1.807) is 0 Å². The number of fused-ring (bicyclic) bond motifs is 1. The van der Waals surface area contributed by atoms with E-state index in [1.165, 1.54) is 66.7 Å². The first-order chi connectivity index (χ1) is 20.4. The Bertz CT molecular complexity index is 1590. The van der Waals surface area contributed by atoms with Crippen molar-refractivity contribution in [1.29, 1.82) is 0 Å². The molecule has 10 nitrogen and oxygen atoms in total. The second-order valence-electron chi connectivity index (χ2n) is 9.99. The number of halogens is 4. The first-order valence-corrected chi connectivity index (χ1v) is 15.5. The molecule has 3 amide bonds. The summed E-state index contributed by atoms with van der Waals surface area (Å²) in [6, 6.07) is 15.7. The van der Waals surface area contributed by atoms with Crippen molar-refractivity contribution in [2.24, 2.45) is 11.8 Å². The normalized spacial score (nSPS) is 21.3. The predicted octanol–water partition coefficient (Wildman–Crippen LogP) is 6.86. The number of imide groups is 1. The Labute approximate surface area is 272 Å². The van der Waals surface area contributed by atoms with Gasteiger partial charge in [0.15, 0.2) is 5.78 Å². The largest absolute Gasteiger partial charge is 0.457 e. The van der Waals surface area contributed by atoms with Gasteiger partial charge in [0.1, 0.15) is 18.0 Å². The summed E-state index contributed by atoms with van der Waals surface area (Å²) in [4.78, 5) is 64.7. The van der Waals surface area contributed by atoms with Crippen LogP contribution in [-0.2, 0) is 9.59 Å². The summed E-state index contributed by atoms with van der Waals surface area (Å²) in [6.45, 7) is -0.618. The number of hydrazine groups is 1. The summed E-state index contributed by atoms with van der Waals surface area (Å²) in [5.41, 5.74) is 0.0760. The molecule has 1 heterocycles. The van der Waals surface area contributed by atoms with E-state index in [2.05, 4.69) is 31.9 Å². The standard InChI is InChI=1S/C29H21Br2Cl2N3O7/c30-23-12-21-22(13-24(23)31)29(40)35(28(21)39)34(27(38)20-10-3-16(32)11-25(20)33)14-26(37)15-1-6-18(7-2-15)43-19-8-4-17(5-9-19)36(41)42/h1-11,21-24H,12-14H2/t21-,22+,23+,24-. The van der Waals surface area contributed by atoms with Crippen LogP contribution in [0.1, 0.15) is 33.6 Å². The molecule has 0 bridgehead atoms. The highest BCUT2D eigenvalue weighted by molar-refractivity contribution is 9.12. The van der Waals surface area contributed by atoms with Crippen molar-refractivity contribution in [3.8, 4) is 11.5 Å². The third-order valence-corrected chi connectivity index (χ3v) is 10.6. The highest BCUT2D eigenvalue weighted by atomic mass is 79.9. The number of carbonyl (C=O) groups is 4. The number of nitrogens with zero attached hydrogens (tertiary/aromatic N) is 3. The molecule has 2 fully saturated rings. The maximum atomic E-state index is 13.8. The number of alkyl halides is 2. The molecule has 0 spiro atoms. The van der Waals surface area contributed by atoms with Crippen molar-refractivity contribution in [2.45, 2.75) is 22.5 Å². The van der Waals surface area contributed by atoms with Crippen LogP contribution >= 0.6 is 55.1 Å². The maximum absolute atomic E-state index is 13.8. The number of amides is 3. The lowest BCUT2D eigenvalue weighted by atomic mass is 9.81. The molecule has 14 heteroatoms. The third kappa shape index (κ3) is 6.47. The van der Waals surface area contributed by atoms with Gasteiger partial charge < -0.3 is 4.74 Å². The van der Waals surface area contributed by atoms with E-state index in [0.717, 1.165) is 10.0 Å². The smallest absolute Gasteiger partial charge is 0.274 e. The second-order valence-corrected chi connectivity index (χ2v) is 13.2. The lowest BCUT2D eigenvalue weighted by Gasteiger charge is -2.30. The van der Waals surface area contributed by atoms with Crippen molar-refractivity contribution in [2.75, 3.05) is 6.54 Å². The molecule has 4 atom stereocenters. The van der Waals surface area contributed by atoms with Crippen molar-refractivity contribution < 1.29 is 28.8 Å². The molecule has 2 aliphatic rings. The minimum atomic E-state index is -0.806. The van der Waals surface area contributed by atoms with Crippen LogP contribution in [-0.4, -0.2) is 54.6 Å². The number of non-ortho nitro benzene ring substituents is 1. The van der Waals surface area contributed by atoms with E-state index in [1.807, 2.05) is 0 Å². The Kier molecular flexibility index (Phi) is 9.21. The average Bonchev–Trinajstić information content (AvgIpc) is 3.20. The average molecular weight is 754 g/mol. The molecule has 3 aromatic rings. The minimum Gasteiger partial charge on any atom is -0.457 e. The van der Waals surface area contributed by atoms with Gasteiger partial charge in [0.25, 0.3) is 23.4 Å². The number of hydrogen-bond acceptors (Lipinski definition) is 7. The van der Waals surface area contributed by atoms with E-state index in [4.69, 9.17) is 27.9 Å². The van der Waals surface area contributed by atoms with Gasteiger partial charge in [0.2, 0.25) is 0 Å². The van der Waals surface area contributed by atoms with E-state index >= 15 is 0 Å². The number of nitro benzene ring substituents is 1. The molecule has 222 valence electrons. The fourth-order valence-corrected chi connectivity index (χ4v) is 6.79. The predicted molar refractivity (Wildman–Crippen MR) is 165 cm³/mol. The quantitative estimate of drug-likeness (QED) is 0.0809. The van der Waals surface area contributed by atoms with Gasteiger partial charge in [-0.15, -0.1) is 0 Å². The molecule has 0 aromatic heterocycles. The molecule has 43 heavy (non-hydrogen) atoms. The summed E-state index contributed by atoms with van der Waals surface area (Å²) in [5.74, 6) is -3.06. The molecule has 0 unspecified atom stereocenters. The molecule has 1 aliphatic carbocycles. The number of ketones is 1. The molecule has 0 radical (unpaired) electrons. The number of nitro groups is 1. The van der Waals surface area contributed by atoms with Crippen molar-refractivity contribution in [1.82, 2.24) is 10.0 Å². The number of ether oxygens (including phenoxy) is 1. The highest BCUT2D eigenvalue weighted by Crippen LogP contribution is 2.44. The van der Waals surface area contributed by atoms with E-state index in [-0.39, 0.29) is 36.5 Å². The van der Waals surface area contributed by atoms with Crippen LogP contribution in [0, 0.1) is 22.0 Å². The van der Waals surface area contributed by atoms with Crippen LogP contribution in [0.25, 0.3) is 0 Å². The Morgan fingerprint density at radius 1 is 0.907 bits per heavy atom. The molecule has 3 aromatic carbocycles. The molecule has 1 saturated carbocycles. The lowest BCUT2D eigenvalue weighted by Crippen LogP contribution is -2.52. The Hall–Kier alpha value is -3.32. The number of benzene rings is 3. The lowest BCUT2D eigenvalue weighted by molar-refractivity contribution is -0.384. The Morgan fingerprint density at radius 3 is 1.95 bits per heavy atom. The van der Waals surface area contributed by atoms with Gasteiger partial charge in [-0.25, -0.2) is 5.01 Å². The first-order valence-electron chi connectivity index (χ1n) is 12.9. The zero-order valence-electron chi connectivity index (χ0n) is 22.0. The van der Waals surface area contributed by atoms with Gasteiger partial charge in [0, 0.05) is 32.4 Å².